The Bertz CT molecular complexity index is 595. The molecule has 1 fully saturated rings. The second-order valence-corrected chi connectivity index (χ2v) is 5.23. The summed E-state index contributed by atoms with van der Waals surface area (Å²) in [5, 5.41) is 0.976. The Balaban J connectivity index is 1.78. The lowest BCUT2D eigenvalue weighted by Gasteiger charge is -2.25. The Morgan fingerprint density at radius 3 is 2.75 bits per heavy atom. The van der Waals surface area contributed by atoms with Crippen molar-refractivity contribution in [2.75, 3.05) is 7.11 Å². The fraction of sp³-hybridized carbons (Fsp3) is 0.467. The van der Waals surface area contributed by atoms with E-state index >= 15 is 0 Å². The number of hydrogen-bond donors (Lipinski definition) is 1. The van der Waals surface area contributed by atoms with Crippen molar-refractivity contribution in [2.24, 2.45) is 5.73 Å². The molecule has 1 aliphatic rings. The minimum absolute atomic E-state index is 0.179. The molecule has 5 heteroatoms. The molecule has 106 valence electrons. The van der Waals surface area contributed by atoms with Crippen LogP contribution in [0.25, 0.3) is 10.9 Å². The van der Waals surface area contributed by atoms with Crippen LogP contribution < -0.4 is 15.2 Å². The lowest BCUT2D eigenvalue weighted by Crippen LogP contribution is -2.32. The van der Waals surface area contributed by atoms with E-state index in [0.717, 1.165) is 42.3 Å². The Morgan fingerprint density at radius 1 is 1.20 bits per heavy atom. The maximum Gasteiger partial charge on any atom is 0.317 e. The predicted octanol–water partition coefficient (Wildman–Crippen LogP) is 2.29. The van der Waals surface area contributed by atoms with Crippen LogP contribution >= 0.6 is 0 Å². The Kier molecular flexibility index (Phi) is 3.69. The maximum atomic E-state index is 5.90. The number of rotatable bonds is 3. The highest BCUT2D eigenvalue weighted by atomic mass is 16.5. The number of nitrogens with zero attached hydrogens (tertiary/aromatic N) is 2. The molecule has 0 amide bonds. The number of benzene rings is 1. The number of aromatic nitrogens is 2. The third kappa shape index (κ3) is 2.82. The van der Waals surface area contributed by atoms with Crippen LogP contribution in [0.15, 0.2) is 24.4 Å². The van der Waals surface area contributed by atoms with Crippen LogP contribution in [-0.2, 0) is 0 Å². The summed E-state index contributed by atoms with van der Waals surface area (Å²) in [4.78, 5) is 8.72. The van der Waals surface area contributed by atoms with Gasteiger partial charge in [0.15, 0.2) is 0 Å². The number of methoxy groups -OCH3 is 1. The summed E-state index contributed by atoms with van der Waals surface area (Å²) in [6.07, 6.45) is 5.92. The second kappa shape index (κ2) is 5.63. The van der Waals surface area contributed by atoms with Crippen molar-refractivity contribution < 1.29 is 9.47 Å². The summed E-state index contributed by atoms with van der Waals surface area (Å²) >= 11 is 0. The van der Waals surface area contributed by atoms with Gasteiger partial charge in [0.25, 0.3) is 0 Å². The van der Waals surface area contributed by atoms with E-state index in [2.05, 4.69) is 9.97 Å². The van der Waals surface area contributed by atoms with Crippen LogP contribution in [0.1, 0.15) is 25.7 Å². The first-order valence-corrected chi connectivity index (χ1v) is 6.97. The molecule has 0 spiro atoms. The zero-order valence-corrected chi connectivity index (χ0v) is 11.6. The zero-order chi connectivity index (χ0) is 13.9. The molecule has 20 heavy (non-hydrogen) atoms. The van der Waals surface area contributed by atoms with Crippen LogP contribution in [0.5, 0.6) is 11.8 Å². The molecule has 0 bridgehead atoms. The summed E-state index contributed by atoms with van der Waals surface area (Å²) in [5.74, 6) is 0.783. The molecule has 2 aromatic rings. The minimum atomic E-state index is 0.179. The predicted molar refractivity (Wildman–Crippen MR) is 76.9 cm³/mol. The van der Waals surface area contributed by atoms with Gasteiger partial charge in [-0.25, -0.2) is 4.98 Å². The zero-order valence-electron chi connectivity index (χ0n) is 11.6. The quantitative estimate of drug-likeness (QED) is 0.929. The van der Waals surface area contributed by atoms with Gasteiger partial charge in [-0.15, -0.1) is 0 Å². The maximum absolute atomic E-state index is 5.90. The van der Waals surface area contributed by atoms with Crippen molar-refractivity contribution in [3.8, 4) is 11.8 Å². The standard InChI is InChI=1S/C15H19N3O2/c1-19-13-5-2-10-9-17-15(18-14(10)8-13)20-12-6-3-11(16)4-7-12/h2,5,8-9,11-12H,3-4,6-7,16H2,1H3. The minimum Gasteiger partial charge on any atom is -0.497 e. The molecule has 5 nitrogen and oxygen atoms in total. The van der Waals surface area contributed by atoms with Crippen molar-refractivity contribution in [3.05, 3.63) is 24.4 Å². The summed E-state index contributed by atoms with van der Waals surface area (Å²) < 4.78 is 11.1. The first kappa shape index (κ1) is 13.1. The van der Waals surface area contributed by atoms with Gasteiger partial charge in [-0.1, -0.05) is 0 Å². The molecule has 0 aliphatic heterocycles. The summed E-state index contributed by atoms with van der Waals surface area (Å²) in [7, 11) is 1.64. The number of fused-ring (bicyclic) bond motifs is 1. The molecule has 0 atom stereocenters. The van der Waals surface area contributed by atoms with Gasteiger partial charge in [-0.2, -0.15) is 4.98 Å². The van der Waals surface area contributed by atoms with Crippen LogP contribution in [0.4, 0.5) is 0 Å². The molecule has 3 rings (SSSR count). The highest BCUT2D eigenvalue weighted by Crippen LogP contribution is 2.23. The Morgan fingerprint density at radius 2 is 2.00 bits per heavy atom. The van der Waals surface area contributed by atoms with Gasteiger partial charge < -0.3 is 15.2 Å². The molecule has 2 N–H and O–H groups in total. The molecule has 1 saturated carbocycles. The van der Waals surface area contributed by atoms with E-state index in [9.17, 15) is 0 Å². The van der Waals surface area contributed by atoms with Crippen molar-refractivity contribution in [1.29, 1.82) is 0 Å². The van der Waals surface area contributed by atoms with E-state index in [0.29, 0.717) is 12.1 Å². The van der Waals surface area contributed by atoms with E-state index in [-0.39, 0.29) is 6.10 Å². The van der Waals surface area contributed by atoms with Crippen LogP contribution in [-0.4, -0.2) is 29.2 Å². The van der Waals surface area contributed by atoms with Gasteiger partial charge in [-0.3, -0.25) is 0 Å². The van der Waals surface area contributed by atoms with E-state index in [4.69, 9.17) is 15.2 Å². The highest BCUT2D eigenvalue weighted by molar-refractivity contribution is 5.79. The van der Waals surface area contributed by atoms with Gasteiger partial charge >= 0.3 is 6.01 Å². The highest BCUT2D eigenvalue weighted by Gasteiger charge is 2.20. The summed E-state index contributed by atoms with van der Waals surface area (Å²) in [6.45, 7) is 0. The number of hydrogen-bond acceptors (Lipinski definition) is 5. The van der Waals surface area contributed by atoms with E-state index in [1.54, 1.807) is 13.3 Å². The van der Waals surface area contributed by atoms with Crippen molar-refractivity contribution >= 4 is 10.9 Å². The lowest BCUT2D eigenvalue weighted by molar-refractivity contribution is 0.135. The van der Waals surface area contributed by atoms with Crippen molar-refractivity contribution in [2.45, 2.75) is 37.8 Å². The third-order valence-corrected chi connectivity index (χ3v) is 3.76. The van der Waals surface area contributed by atoms with Crippen molar-refractivity contribution in [3.63, 3.8) is 0 Å². The molecule has 0 radical (unpaired) electrons. The largest absolute Gasteiger partial charge is 0.497 e. The van der Waals surface area contributed by atoms with E-state index in [1.165, 1.54) is 0 Å². The summed E-state index contributed by atoms with van der Waals surface area (Å²) in [6, 6.07) is 6.48. The average molecular weight is 273 g/mol. The average Bonchev–Trinajstić information content (AvgIpc) is 2.49. The Hall–Kier alpha value is -1.88. The molecule has 1 aromatic heterocycles. The van der Waals surface area contributed by atoms with Crippen LogP contribution in [0, 0.1) is 0 Å². The second-order valence-electron chi connectivity index (χ2n) is 5.23. The molecule has 1 aliphatic carbocycles. The molecule has 1 aromatic carbocycles. The number of ether oxygens (including phenoxy) is 2. The monoisotopic (exact) mass is 273 g/mol. The van der Waals surface area contributed by atoms with Gasteiger partial charge in [-0.05, 0) is 37.8 Å². The molecule has 0 unspecified atom stereocenters. The van der Waals surface area contributed by atoms with Gasteiger partial charge in [0, 0.05) is 23.7 Å². The molecular formula is C15H19N3O2. The van der Waals surface area contributed by atoms with Crippen molar-refractivity contribution in [1.82, 2.24) is 9.97 Å². The Labute approximate surface area is 118 Å². The van der Waals surface area contributed by atoms with E-state index < -0.39 is 0 Å². The van der Waals surface area contributed by atoms with E-state index in [1.807, 2.05) is 18.2 Å². The van der Waals surface area contributed by atoms with Crippen LogP contribution in [0.2, 0.25) is 0 Å². The van der Waals surface area contributed by atoms with Gasteiger partial charge in [0.2, 0.25) is 0 Å². The van der Waals surface area contributed by atoms with Gasteiger partial charge in [0.05, 0.1) is 12.6 Å². The molecule has 1 heterocycles. The first-order valence-electron chi connectivity index (χ1n) is 6.97. The molecular weight excluding hydrogens is 254 g/mol. The fourth-order valence-electron chi connectivity index (χ4n) is 2.53. The normalized spacial score (nSPS) is 22.7. The number of nitrogens with two attached hydrogens (primary N) is 1. The first-order chi connectivity index (χ1) is 9.74. The topological polar surface area (TPSA) is 70.3 Å². The smallest absolute Gasteiger partial charge is 0.317 e. The van der Waals surface area contributed by atoms with Gasteiger partial charge in [0.1, 0.15) is 11.9 Å². The SMILES string of the molecule is COc1ccc2cnc(OC3CCC(N)CC3)nc2c1. The van der Waals surface area contributed by atoms with Crippen LogP contribution in [0.3, 0.4) is 0 Å². The fourth-order valence-corrected chi connectivity index (χ4v) is 2.53. The molecule has 0 saturated heterocycles. The lowest BCUT2D eigenvalue weighted by atomic mass is 9.94. The summed E-state index contributed by atoms with van der Waals surface area (Å²) in [5.41, 5.74) is 6.73. The third-order valence-electron chi connectivity index (χ3n) is 3.76.